The van der Waals surface area contributed by atoms with Crippen LogP contribution >= 0.6 is 20.7 Å². The van der Waals surface area contributed by atoms with Crippen LogP contribution in [-0.2, 0) is 0 Å². The van der Waals surface area contributed by atoms with Crippen LogP contribution in [0.3, 0.4) is 0 Å². The fourth-order valence-electron chi connectivity index (χ4n) is 2.58. The van der Waals surface area contributed by atoms with E-state index in [0.29, 0.717) is 5.92 Å². The molecule has 2 rings (SSSR count). The number of allylic oxidation sites excluding steroid dienone is 4. The number of nitrogens with zero attached hydrogens (tertiary/aromatic N) is 1. The number of aliphatic imine (C=N–C) groups is 1. The van der Waals surface area contributed by atoms with E-state index in [1.807, 2.05) is 12.4 Å². The zero-order valence-corrected chi connectivity index (χ0v) is 15.6. The second-order valence-electron chi connectivity index (χ2n) is 5.84. The topological polar surface area (TPSA) is 38.4 Å². The Kier molecular flexibility index (Phi) is 7.77. The Bertz CT molecular complexity index is 526. The summed E-state index contributed by atoms with van der Waals surface area (Å²) in [6.45, 7) is 7.40. The van der Waals surface area contributed by atoms with Gasteiger partial charge in [0.15, 0.2) is 6.21 Å². The third-order valence-electron chi connectivity index (χ3n) is 3.90. The molecular weight excluding hydrogens is 385 g/mol. The van der Waals surface area contributed by atoms with Gasteiger partial charge in [0, 0.05) is 28.1 Å². The summed E-state index contributed by atoms with van der Waals surface area (Å²) >= 11 is 0.0996. The predicted octanol–water partition coefficient (Wildman–Crippen LogP) is 2.81. The van der Waals surface area contributed by atoms with Gasteiger partial charge < -0.3 is 5.32 Å². The highest BCUT2D eigenvalue weighted by Gasteiger charge is 2.12. The van der Waals surface area contributed by atoms with Crippen LogP contribution in [0.1, 0.15) is 45.4 Å². The molecule has 0 amide bonds. The average molecular weight is 412 g/mol. The van der Waals surface area contributed by atoms with E-state index in [9.17, 15) is 0 Å². The van der Waals surface area contributed by atoms with E-state index in [2.05, 4.69) is 43.0 Å². The van der Waals surface area contributed by atoms with Gasteiger partial charge in [0.1, 0.15) is 12.2 Å². The first-order valence-electron chi connectivity index (χ1n) is 8.15. The molecule has 0 bridgehead atoms. The first-order valence-corrected chi connectivity index (χ1v) is 10.6. The minimum atomic E-state index is 0.0996. The van der Waals surface area contributed by atoms with Crippen molar-refractivity contribution in [1.82, 2.24) is 5.32 Å². The molecule has 1 atom stereocenters. The van der Waals surface area contributed by atoms with Crippen LogP contribution in [0.15, 0.2) is 38.8 Å². The molecule has 0 radical (unpaired) electrons. The van der Waals surface area contributed by atoms with Gasteiger partial charge in [0.05, 0.1) is 0 Å². The van der Waals surface area contributed by atoms with Gasteiger partial charge in [-0.25, -0.2) is 9.98 Å². The predicted molar refractivity (Wildman–Crippen MR) is 106 cm³/mol. The molecule has 2 aliphatic heterocycles. The van der Waals surface area contributed by atoms with Crippen molar-refractivity contribution in [3.05, 3.63) is 33.8 Å². The fourth-order valence-corrected chi connectivity index (χ4v) is 3.84. The minimum Gasteiger partial charge on any atom is -0.363 e. The van der Waals surface area contributed by atoms with Gasteiger partial charge in [-0.05, 0) is 35.6 Å². The van der Waals surface area contributed by atoms with Crippen molar-refractivity contribution in [2.45, 2.75) is 45.4 Å². The lowest BCUT2D eigenvalue weighted by molar-refractivity contribution is -0.452. The average Bonchev–Trinajstić information content (AvgIpc) is 2.54. The van der Waals surface area contributed by atoms with E-state index >= 15 is 0 Å². The largest absolute Gasteiger partial charge is 0.363 e. The van der Waals surface area contributed by atoms with E-state index < -0.39 is 0 Å². The van der Waals surface area contributed by atoms with Crippen molar-refractivity contribution >= 4 is 37.2 Å². The van der Waals surface area contributed by atoms with E-state index in [0.717, 1.165) is 25.1 Å². The van der Waals surface area contributed by atoms with Crippen LogP contribution in [0.25, 0.3) is 0 Å². The van der Waals surface area contributed by atoms with Crippen LogP contribution in [-0.4, -0.2) is 23.0 Å². The van der Waals surface area contributed by atoms with Crippen molar-refractivity contribution < 1.29 is 4.99 Å². The first-order chi connectivity index (χ1) is 10.8. The van der Waals surface area contributed by atoms with E-state index in [-0.39, 0.29) is 20.7 Å². The second-order valence-corrected chi connectivity index (χ2v) is 7.90. The molecule has 2 N–H and O–H groups in total. The van der Waals surface area contributed by atoms with Gasteiger partial charge in [0.2, 0.25) is 0 Å². The van der Waals surface area contributed by atoms with Crippen molar-refractivity contribution in [2.75, 3.05) is 6.54 Å². The maximum Gasteiger partial charge on any atom is 0.188 e. The maximum absolute atomic E-state index is 4.31. The summed E-state index contributed by atoms with van der Waals surface area (Å²) < 4.78 is 4.41. The van der Waals surface area contributed by atoms with Crippen LogP contribution < -0.4 is 10.3 Å². The van der Waals surface area contributed by atoms with Gasteiger partial charge in [-0.1, -0.05) is 46.7 Å². The van der Waals surface area contributed by atoms with Crippen LogP contribution in [0.2, 0.25) is 0 Å². The van der Waals surface area contributed by atoms with Gasteiger partial charge in [-0.15, -0.1) is 0 Å². The second kappa shape index (κ2) is 9.87. The Labute approximate surface area is 144 Å². The molecule has 0 aromatic carbocycles. The quantitative estimate of drug-likeness (QED) is 0.359. The number of hydrogen-bond acceptors (Lipinski definition) is 2. The standard InChI is InChI=1S/C18H26IN3/c1-15(18-9-6-8-16(2)22-18)7-4-3-5-11-20-14-17-13-19-10-12-21-17/h9-10,12-15,22H,2-8,11H2,1H3/p+1/t15-/m1/s1. The SMILES string of the molecule is C=C1CCC=C([C@H](C)CCCCC[NH+]=CC2=CI=CC=N2)N1. The summed E-state index contributed by atoms with van der Waals surface area (Å²) in [6.07, 6.45) is 13.6. The molecule has 0 aromatic rings. The molecule has 2 aliphatic rings. The highest BCUT2D eigenvalue weighted by molar-refractivity contribution is 14.2. The van der Waals surface area contributed by atoms with E-state index in [4.69, 9.17) is 0 Å². The molecular formula is C18H27IN3+. The Morgan fingerprint density at radius 3 is 3.14 bits per heavy atom. The summed E-state index contributed by atoms with van der Waals surface area (Å²) in [7, 11) is 0. The Morgan fingerprint density at radius 1 is 1.45 bits per heavy atom. The third kappa shape index (κ3) is 6.38. The molecule has 2 heterocycles. The van der Waals surface area contributed by atoms with Crippen molar-refractivity contribution in [1.29, 1.82) is 0 Å². The summed E-state index contributed by atoms with van der Waals surface area (Å²) in [5, 5.41) is 3.44. The number of halogens is 1. The molecule has 0 saturated carbocycles. The minimum absolute atomic E-state index is 0.0996. The van der Waals surface area contributed by atoms with Gasteiger partial charge >= 0.3 is 0 Å². The Balaban J connectivity index is 1.55. The molecule has 0 aliphatic carbocycles. The number of rotatable bonds is 8. The molecule has 0 fully saturated rings. The van der Waals surface area contributed by atoms with Crippen LogP contribution in [0, 0.1) is 5.92 Å². The van der Waals surface area contributed by atoms with Crippen molar-refractivity contribution in [2.24, 2.45) is 10.9 Å². The number of nitrogens with one attached hydrogen (secondary N) is 2. The number of unbranched alkanes of at least 4 members (excludes halogenated alkanes) is 2. The maximum atomic E-state index is 4.31. The molecule has 4 heteroatoms. The number of hydrogen-bond donors (Lipinski definition) is 2. The Hall–Kier alpha value is -1.04. The van der Waals surface area contributed by atoms with Gasteiger partial charge in [-0.2, -0.15) is 0 Å². The lowest BCUT2D eigenvalue weighted by atomic mass is 9.96. The summed E-state index contributed by atoms with van der Waals surface area (Å²) in [5.41, 5.74) is 3.65. The lowest BCUT2D eigenvalue weighted by Gasteiger charge is -2.23. The first kappa shape index (κ1) is 17.3. The molecule has 3 nitrogen and oxygen atoms in total. The van der Waals surface area contributed by atoms with E-state index in [1.54, 1.807) is 0 Å². The van der Waals surface area contributed by atoms with E-state index in [1.165, 1.54) is 37.1 Å². The van der Waals surface area contributed by atoms with Crippen LogP contribution in [0.4, 0.5) is 0 Å². The molecule has 22 heavy (non-hydrogen) atoms. The van der Waals surface area contributed by atoms with Crippen LogP contribution in [0.5, 0.6) is 0 Å². The van der Waals surface area contributed by atoms with Gasteiger partial charge in [0.25, 0.3) is 0 Å². The zero-order chi connectivity index (χ0) is 15.6. The smallest absolute Gasteiger partial charge is 0.188 e. The molecule has 0 unspecified atom stereocenters. The molecule has 0 saturated heterocycles. The normalized spacial score (nSPS) is 19.4. The monoisotopic (exact) mass is 412 g/mol. The fraction of sp³-hybridized carbons (Fsp3) is 0.500. The zero-order valence-electron chi connectivity index (χ0n) is 13.4. The third-order valence-corrected chi connectivity index (χ3v) is 5.63. The van der Waals surface area contributed by atoms with Crippen molar-refractivity contribution in [3.8, 4) is 0 Å². The van der Waals surface area contributed by atoms with Crippen molar-refractivity contribution in [3.63, 3.8) is 0 Å². The molecule has 0 spiro atoms. The van der Waals surface area contributed by atoms with Gasteiger partial charge in [-0.3, -0.25) is 0 Å². The highest BCUT2D eigenvalue weighted by atomic mass is 127. The molecule has 0 aromatic heterocycles. The summed E-state index contributed by atoms with van der Waals surface area (Å²) in [5.74, 6) is 0.624. The summed E-state index contributed by atoms with van der Waals surface area (Å²) in [4.78, 5) is 7.69. The summed E-state index contributed by atoms with van der Waals surface area (Å²) in [6, 6.07) is 0. The molecule has 120 valence electrons. The Morgan fingerprint density at radius 2 is 2.36 bits per heavy atom. The highest BCUT2D eigenvalue weighted by Crippen LogP contribution is 2.22. The lowest BCUT2D eigenvalue weighted by Crippen LogP contribution is -2.69.